The number of nitrogen functional groups attached to an aromatic ring is 1. The minimum Gasteiger partial charge on any atom is -0.496 e. The van der Waals surface area contributed by atoms with Crippen molar-refractivity contribution in [3.63, 3.8) is 0 Å². The second kappa shape index (κ2) is 12.8. The number of nitrogens with two attached hydrogens (primary N) is 1. The standard InChI is InChI=1S/C29H45N7O3/c1-6-7-14-39-28-32-26(30)25(31-4)27(33-28)36(20-37)17-23-9-8-22(15-24(23)38-5)16-34-18-29(19-34)10-12-35(13-11-29)21(2)3/h8-9,15,20-21,31H,6-7,10-14,16-19H2,1-5H3,(H2,30,32,33). The molecule has 2 aliphatic rings. The molecule has 0 bridgehead atoms. The molecular formula is C29H45N7O3. The topological polar surface area (TPSA) is 109 Å². The Hall–Kier alpha value is -3.11. The van der Waals surface area contributed by atoms with Crippen LogP contribution in [-0.2, 0) is 17.9 Å². The number of methoxy groups -OCH3 is 1. The van der Waals surface area contributed by atoms with Gasteiger partial charge in [-0.3, -0.25) is 14.6 Å². The van der Waals surface area contributed by atoms with Crippen molar-refractivity contribution < 1.29 is 14.3 Å². The average molecular weight is 540 g/mol. The Morgan fingerprint density at radius 2 is 1.97 bits per heavy atom. The zero-order chi connectivity index (χ0) is 28.0. The highest BCUT2D eigenvalue weighted by Crippen LogP contribution is 2.41. The van der Waals surface area contributed by atoms with Crippen LogP contribution in [0.3, 0.4) is 0 Å². The third-order valence-corrected chi connectivity index (χ3v) is 8.08. The number of nitrogens with zero attached hydrogens (tertiary/aromatic N) is 5. The number of aromatic nitrogens is 2. The van der Waals surface area contributed by atoms with Gasteiger partial charge in [0.05, 0.1) is 20.3 Å². The highest BCUT2D eigenvalue weighted by atomic mass is 16.5. The van der Waals surface area contributed by atoms with Crippen LogP contribution in [0.4, 0.5) is 17.3 Å². The Morgan fingerprint density at radius 1 is 1.23 bits per heavy atom. The lowest BCUT2D eigenvalue weighted by Crippen LogP contribution is -2.60. The number of benzene rings is 1. The van der Waals surface area contributed by atoms with Crippen molar-refractivity contribution in [1.29, 1.82) is 0 Å². The van der Waals surface area contributed by atoms with Crippen LogP contribution < -0.4 is 25.4 Å². The molecule has 39 heavy (non-hydrogen) atoms. The van der Waals surface area contributed by atoms with E-state index in [1.54, 1.807) is 14.2 Å². The number of anilines is 3. The molecule has 2 aliphatic heterocycles. The quantitative estimate of drug-likeness (QED) is 0.290. The number of amides is 1. The van der Waals surface area contributed by atoms with Crippen molar-refractivity contribution in [3.05, 3.63) is 29.3 Å². The predicted octanol–water partition coefficient (Wildman–Crippen LogP) is 3.76. The molecule has 2 aromatic rings. The van der Waals surface area contributed by atoms with E-state index in [1.165, 1.54) is 36.4 Å². The Balaban J connectivity index is 1.43. The molecule has 214 valence electrons. The number of likely N-dealkylation sites (tertiary alicyclic amines) is 2. The zero-order valence-corrected chi connectivity index (χ0v) is 24.2. The van der Waals surface area contributed by atoms with E-state index >= 15 is 0 Å². The van der Waals surface area contributed by atoms with Crippen molar-refractivity contribution in [3.8, 4) is 11.8 Å². The number of unbranched alkanes of at least 4 members (excludes halogenated alkanes) is 1. The first-order chi connectivity index (χ1) is 18.8. The van der Waals surface area contributed by atoms with Crippen LogP contribution in [0.25, 0.3) is 0 Å². The number of nitrogens with one attached hydrogen (secondary N) is 1. The van der Waals surface area contributed by atoms with Crippen LogP contribution in [-0.4, -0.2) is 79.2 Å². The van der Waals surface area contributed by atoms with E-state index in [1.807, 2.05) is 6.07 Å². The fourth-order valence-corrected chi connectivity index (χ4v) is 5.73. The van der Waals surface area contributed by atoms with Crippen LogP contribution in [0.1, 0.15) is 57.6 Å². The summed E-state index contributed by atoms with van der Waals surface area (Å²) in [6.07, 6.45) is 5.19. The molecule has 4 rings (SSSR count). The van der Waals surface area contributed by atoms with Gasteiger partial charge in [-0.15, -0.1) is 0 Å². The van der Waals surface area contributed by atoms with Gasteiger partial charge in [0.2, 0.25) is 6.41 Å². The SMILES string of the molecule is CCCCOc1nc(N)c(NC)c(N(C=O)Cc2ccc(CN3CC4(CCN(C(C)C)CC4)C3)cc2OC)n1. The van der Waals surface area contributed by atoms with E-state index in [-0.39, 0.29) is 18.4 Å². The summed E-state index contributed by atoms with van der Waals surface area (Å²) in [6, 6.07) is 7.03. The molecule has 3 heterocycles. The number of hydrogen-bond donors (Lipinski definition) is 2. The molecule has 3 N–H and O–H groups in total. The normalized spacial score (nSPS) is 17.2. The molecule has 1 aromatic heterocycles. The second-order valence-electron chi connectivity index (χ2n) is 11.2. The molecule has 0 saturated carbocycles. The Bertz CT molecular complexity index is 1110. The van der Waals surface area contributed by atoms with Gasteiger partial charge < -0.3 is 25.4 Å². The van der Waals surface area contributed by atoms with E-state index in [2.05, 4.69) is 58.0 Å². The highest BCUT2D eigenvalue weighted by molar-refractivity contribution is 5.85. The van der Waals surface area contributed by atoms with E-state index in [0.29, 0.717) is 29.6 Å². The minimum atomic E-state index is 0.159. The van der Waals surface area contributed by atoms with Gasteiger partial charge >= 0.3 is 6.01 Å². The molecule has 1 aromatic carbocycles. The summed E-state index contributed by atoms with van der Waals surface area (Å²) < 4.78 is 11.4. The van der Waals surface area contributed by atoms with Crippen LogP contribution in [0.5, 0.6) is 11.8 Å². The molecule has 1 amide bonds. The van der Waals surface area contributed by atoms with Crippen LogP contribution in [0.15, 0.2) is 18.2 Å². The monoisotopic (exact) mass is 539 g/mol. The summed E-state index contributed by atoms with van der Waals surface area (Å²) in [5.74, 6) is 1.34. The number of carbonyl (C=O) groups is 1. The van der Waals surface area contributed by atoms with Gasteiger partial charge in [-0.05, 0) is 63.2 Å². The molecule has 10 nitrogen and oxygen atoms in total. The number of rotatable bonds is 13. The summed E-state index contributed by atoms with van der Waals surface area (Å²) in [6.45, 7) is 13.1. The van der Waals surface area contributed by atoms with Crippen molar-refractivity contribution in [2.45, 2.75) is 65.6 Å². The smallest absolute Gasteiger partial charge is 0.320 e. The fourth-order valence-electron chi connectivity index (χ4n) is 5.73. The molecule has 0 unspecified atom stereocenters. The number of hydrogen-bond acceptors (Lipinski definition) is 9. The summed E-state index contributed by atoms with van der Waals surface area (Å²) in [5.41, 5.74) is 9.22. The van der Waals surface area contributed by atoms with E-state index in [0.717, 1.165) is 50.2 Å². The van der Waals surface area contributed by atoms with Crippen LogP contribution in [0, 0.1) is 5.41 Å². The van der Waals surface area contributed by atoms with E-state index in [4.69, 9.17) is 15.2 Å². The van der Waals surface area contributed by atoms with Gasteiger partial charge in [0.1, 0.15) is 11.4 Å². The van der Waals surface area contributed by atoms with E-state index < -0.39 is 0 Å². The van der Waals surface area contributed by atoms with Gasteiger partial charge in [0.15, 0.2) is 11.6 Å². The predicted molar refractivity (Wildman–Crippen MR) is 155 cm³/mol. The van der Waals surface area contributed by atoms with Crippen LogP contribution in [0.2, 0.25) is 0 Å². The zero-order valence-electron chi connectivity index (χ0n) is 24.2. The molecule has 0 aliphatic carbocycles. The first-order valence-corrected chi connectivity index (χ1v) is 14.1. The lowest BCUT2D eigenvalue weighted by atomic mass is 9.71. The minimum absolute atomic E-state index is 0.159. The van der Waals surface area contributed by atoms with Crippen molar-refractivity contribution >= 4 is 23.7 Å². The highest BCUT2D eigenvalue weighted by Gasteiger charge is 2.44. The lowest BCUT2D eigenvalue weighted by molar-refractivity contribution is -0.107. The largest absolute Gasteiger partial charge is 0.496 e. The molecular weight excluding hydrogens is 494 g/mol. The Kier molecular flexibility index (Phi) is 9.50. The summed E-state index contributed by atoms with van der Waals surface area (Å²) >= 11 is 0. The van der Waals surface area contributed by atoms with Gasteiger partial charge in [-0.1, -0.05) is 25.5 Å². The summed E-state index contributed by atoms with van der Waals surface area (Å²) in [7, 11) is 3.39. The molecule has 1 spiro atoms. The number of ether oxygens (including phenoxy) is 2. The van der Waals surface area contributed by atoms with Crippen molar-refractivity contribution in [2.75, 3.05) is 62.9 Å². The van der Waals surface area contributed by atoms with Gasteiger partial charge in [0.25, 0.3) is 0 Å². The third-order valence-electron chi connectivity index (χ3n) is 8.08. The Labute approximate surface area is 232 Å². The third kappa shape index (κ3) is 6.73. The van der Waals surface area contributed by atoms with Crippen LogP contribution >= 0.6 is 0 Å². The van der Waals surface area contributed by atoms with Crippen molar-refractivity contribution in [1.82, 2.24) is 19.8 Å². The molecule has 0 radical (unpaired) electrons. The molecule has 2 fully saturated rings. The van der Waals surface area contributed by atoms with Crippen molar-refractivity contribution in [2.24, 2.45) is 5.41 Å². The first-order valence-electron chi connectivity index (χ1n) is 14.1. The summed E-state index contributed by atoms with van der Waals surface area (Å²) in [4.78, 5) is 27.6. The second-order valence-corrected chi connectivity index (χ2v) is 11.2. The Morgan fingerprint density at radius 3 is 2.59 bits per heavy atom. The summed E-state index contributed by atoms with van der Waals surface area (Å²) in [5, 5.41) is 3.02. The maximum absolute atomic E-state index is 12.2. The molecule has 10 heteroatoms. The first kappa shape index (κ1) is 28.9. The maximum atomic E-state index is 12.2. The molecule has 0 atom stereocenters. The van der Waals surface area contributed by atoms with Gasteiger partial charge in [0, 0.05) is 38.3 Å². The number of piperidine rings is 1. The fraction of sp³-hybridized carbons (Fsp3) is 0.621. The number of carbonyl (C=O) groups excluding carboxylic acids is 1. The molecule has 2 saturated heterocycles. The van der Waals surface area contributed by atoms with Gasteiger partial charge in [-0.2, -0.15) is 9.97 Å². The van der Waals surface area contributed by atoms with E-state index in [9.17, 15) is 4.79 Å². The maximum Gasteiger partial charge on any atom is 0.320 e. The lowest BCUT2D eigenvalue weighted by Gasteiger charge is -2.54. The average Bonchev–Trinajstić information content (AvgIpc) is 2.91. The van der Waals surface area contributed by atoms with Gasteiger partial charge in [-0.25, -0.2) is 0 Å².